The van der Waals surface area contributed by atoms with Gasteiger partial charge in [0, 0.05) is 25.8 Å². The second-order valence-corrected chi connectivity index (χ2v) is 7.23. The molecule has 7 nitrogen and oxygen atoms in total. The predicted octanol–water partition coefficient (Wildman–Crippen LogP) is 0.761. The molecule has 1 aromatic carbocycles. The highest BCUT2D eigenvalue weighted by Gasteiger charge is 2.29. The molecule has 1 amide bonds. The number of nitrogens with one attached hydrogen (secondary N) is 1. The lowest BCUT2D eigenvalue weighted by Crippen LogP contribution is -2.45. The molecule has 0 bridgehead atoms. The zero-order chi connectivity index (χ0) is 16.6. The summed E-state index contributed by atoms with van der Waals surface area (Å²) in [6.45, 7) is 2.34. The lowest BCUT2D eigenvalue weighted by molar-refractivity contribution is 0.0978. The SMILES string of the molecule is Cc1c(C(=O)NS(=O)(=O)N2CCc3ccccc3C2)cnn1C. The number of hydrogen-bond acceptors (Lipinski definition) is 4. The molecule has 0 atom stereocenters. The van der Waals surface area contributed by atoms with E-state index < -0.39 is 16.1 Å². The number of hydrogen-bond donors (Lipinski definition) is 1. The average molecular weight is 334 g/mol. The topological polar surface area (TPSA) is 84.3 Å². The Kier molecular flexibility index (Phi) is 3.95. The lowest BCUT2D eigenvalue weighted by atomic mass is 10.0. The average Bonchev–Trinajstić information content (AvgIpc) is 2.86. The monoisotopic (exact) mass is 334 g/mol. The van der Waals surface area contributed by atoms with Crippen LogP contribution in [-0.2, 0) is 30.2 Å². The summed E-state index contributed by atoms with van der Waals surface area (Å²) in [7, 11) is -2.19. The van der Waals surface area contributed by atoms with E-state index in [1.165, 1.54) is 15.2 Å². The van der Waals surface area contributed by atoms with Gasteiger partial charge < -0.3 is 0 Å². The van der Waals surface area contributed by atoms with Gasteiger partial charge in [-0.2, -0.15) is 17.8 Å². The Hall–Kier alpha value is -2.19. The van der Waals surface area contributed by atoms with Gasteiger partial charge in [-0.3, -0.25) is 9.48 Å². The fourth-order valence-electron chi connectivity index (χ4n) is 2.63. The van der Waals surface area contributed by atoms with Crippen molar-refractivity contribution in [2.75, 3.05) is 6.54 Å². The lowest BCUT2D eigenvalue weighted by Gasteiger charge is -2.27. The summed E-state index contributed by atoms with van der Waals surface area (Å²) in [5, 5.41) is 3.96. The first-order valence-corrected chi connectivity index (χ1v) is 8.70. The van der Waals surface area contributed by atoms with Crippen LogP contribution in [0.5, 0.6) is 0 Å². The highest BCUT2D eigenvalue weighted by atomic mass is 32.2. The second kappa shape index (κ2) is 5.78. The fraction of sp³-hybridized carbons (Fsp3) is 0.333. The van der Waals surface area contributed by atoms with Crippen LogP contribution in [0.4, 0.5) is 0 Å². The molecule has 0 saturated carbocycles. The molecule has 1 aliphatic rings. The van der Waals surface area contributed by atoms with E-state index in [2.05, 4.69) is 9.82 Å². The van der Waals surface area contributed by atoms with Gasteiger partial charge in [-0.15, -0.1) is 0 Å². The van der Waals surface area contributed by atoms with E-state index >= 15 is 0 Å². The van der Waals surface area contributed by atoms with E-state index in [0.717, 1.165) is 11.1 Å². The van der Waals surface area contributed by atoms with Crippen molar-refractivity contribution in [2.45, 2.75) is 19.9 Å². The Labute approximate surface area is 135 Å². The summed E-state index contributed by atoms with van der Waals surface area (Å²) >= 11 is 0. The summed E-state index contributed by atoms with van der Waals surface area (Å²) in [5.41, 5.74) is 2.98. The summed E-state index contributed by atoms with van der Waals surface area (Å²) < 4.78 is 29.9. The minimum Gasteiger partial charge on any atom is -0.272 e. The maximum atomic E-state index is 12.5. The molecule has 2 heterocycles. The van der Waals surface area contributed by atoms with Crippen LogP contribution in [0.15, 0.2) is 30.5 Å². The van der Waals surface area contributed by atoms with E-state index in [9.17, 15) is 13.2 Å². The number of carbonyl (C=O) groups is 1. The van der Waals surface area contributed by atoms with Crippen LogP contribution in [-0.4, -0.2) is 35.0 Å². The number of amides is 1. The smallest absolute Gasteiger partial charge is 0.272 e. The molecule has 3 rings (SSSR count). The number of rotatable bonds is 3. The van der Waals surface area contributed by atoms with Gasteiger partial charge in [0.25, 0.3) is 5.91 Å². The van der Waals surface area contributed by atoms with Crippen LogP contribution in [0.1, 0.15) is 27.2 Å². The Morgan fingerprint density at radius 2 is 1.96 bits per heavy atom. The van der Waals surface area contributed by atoms with E-state index in [0.29, 0.717) is 18.7 Å². The van der Waals surface area contributed by atoms with Gasteiger partial charge in [-0.1, -0.05) is 24.3 Å². The second-order valence-electron chi connectivity index (χ2n) is 5.56. The molecular weight excluding hydrogens is 316 g/mol. The molecule has 0 unspecified atom stereocenters. The molecule has 1 aliphatic heterocycles. The van der Waals surface area contributed by atoms with Crippen LogP contribution >= 0.6 is 0 Å². The van der Waals surface area contributed by atoms with Crippen LogP contribution in [0.3, 0.4) is 0 Å². The van der Waals surface area contributed by atoms with Crippen molar-refractivity contribution < 1.29 is 13.2 Å². The van der Waals surface area contributed by atoms with Crippen LogP contribution in [0, 0.1) is 6.92 Å². The third kappa shape index (κ3) is 2.99. The molecule has 8 heteroatoms. The van der Waals surface area contributed by atoms with Gasteiger partial charge in [0.05, 0.1) is 11.8 Å². The van der Waals surface area contributed by atoms with E-state index in [1.54, 1.807) is 14.0 Å². The number of carbonyl (C=O) groups excluding carboxylic acids is 1. The third-order valence-corrected chi connectivity index (χ3v) is 5.57. The maximum absolute atomic E-state index is 12.5. The maximum Gasteiger partial charge on any atom is 0.304 e. The Morgan fingerprint density at radius 1 is 1.26 bits per heavy atom. The molecule has 0 saturated heterocycles. The van der Waals surface area contributed by atoms with Crippen LogP contribution in [0.2, 0.25) is 0 Å². The standard InChI is InChI=1S/C15H18N4O3S/c1-11-14(9-16-18(11)2)15(20)17-23(21,22)19-8-7-12-5-3-4-6-13(12)10-19/h3-6,9H,7-8,10H2,1-2H3,(H,17,20). The molecule has 0 aliphatic carbocycles. The molecule has 23 heavy (non-hydrogen) atoms. The Balaban J connectivity index is 1.78. The van der Waals surface area contributed by atoms with Crippen molar-refractivity contribution in [3.05, 3.63) is 52.8 Å². The van der Waals surface area contributed by atoms with E-state index in [4.69, 9.17) is 0 Å². The molecule has 122 valence electrons. The van der Waals surface area contributed by atoms with Crippen molar-refractivity contribution in [1.82, 2.24) is 18.8 Å². The van der Waals surface area contributed by atoms with Crippen molar-refractivity contribution in [1.29, 1.82) is 0 Å². The first-order valence-electron chi connectivity index (χ1n) is 7.26. The van der Waals surface area contributed by atoms with Crippen LogP contribution in [0.25, 0.3) is 0 Å². The van der Waals surface area contributed by atoms with Gasteiger partial charge in [0.15, 0.2) is 0 Å². The zero-order valence-electron chi connectivity index (χ0n) is 13.0. The molecule has 2 aromatic rings. The molecule has 0 fully saturated rings. The number of aromatic nitrogens is 2. The minimum absolute atomic E-state index is 0.258. The molecule has 1 aromatic heterocycles. The summed E-state index contributed by atoms with van der Waals surface area (Å²) in [5.74, 6) is -0.658. The molecule has 1 N–H and O–H groups in total. The number of fused-ring (bicyclic) bond motifs is 1. The quantitative estimate of drug-likeness (QED) is 0.898. The highest BCUT2D eigenvalue weighted by Crippen LogP contribution is 2.20. The zero-order valence-corrected chi connectivity index (χ0v) is 13.8. The molecular formula is C15H18N4O3S. The summed E-state index contributed by atoms with van der Waals surface area (Å²) in [6.07, 6.45) is 2.00. The minimum atomic E-state index is -3.88. The first kappa shape index (κ1) is 15.7. The largest absolute Gasteiger partial charge is 0.304 e. The van der Waals surface area contributed by atoms with Crippen molar-refractivity contribution in [3.63, 3.8) is 0 Å². The normalized spacial score (nSPS) is 15.2. The van der Waals surface area contributed by atoms with Gasteiger partial charge in [0.2, 0.25) is 0 Å². The third-order valence-electron chi connectivity index (χ3n) is 4.14. The van der Waals surface area contributed by atoms with Crippen molar-refractivity contribution in [2.24, 2.45) is 7.05 Å². The van der Waals surface area contributed by atoms with Gasteiger partial charge in [-0.05, 0) is 24.5 Å². The summed E-state index contributed by atoms with van der Waals surface area (Å²) in [6, 6.07) is 7.73. The molecule has 0 radical (unpaired) electrons. The Morgan fingerprint density at radius 3 is 2.61 bits per heavy atom. The van der Waals surface area contributed by atoms with E-state index in [1.807, 2.05) is 24.3 Å². The first-order chi connectivity index (χ1) is 10.9. The fourth-order valence-corrected chi connectivity index (χ4v) is 3.75. The summed E-state index contributed by atoms with van der Waals surface area (Å²) in [4.78, 5) is 12.2. The molecule has 0 spiro atoms. The van der Waals surface area contributed by atoms with Crippen LogP contribution < -0.4 is 4.72 Å². The highest BCUT2D eigenvalue weighted by molar-refractivity contribution is 7.87. The van der Waals surface area contributed by atoms with Crippen molar-refractivity contribution in [3.8, 4) is 0 Å². The Bertz CT molecular complexity index is 857. The number of aryl methyl sites for hydroxylation is 1. The predicted molar refractivity (Wildman–Crippen MR) is 84.9 cm³/mol. The van der Waals surface area contributed by atoms with Gasteiger partial charge in [0.1, 0.15) is 0 Å². The van der Waals surface area contributed by atoms with Crippen molar-refractivity contribution >= 4 is 16.1 Å². The van der Waals surface area contributed by atoms with E-state index in [-0.39, 0.29) is 12.1 Å². The number of nitrogens with zero attached hydrogens (tertiary/aromatic N) is 3. The van der Waals surface area contributed by atoms with Gasteiger partial charge >= 0.3 is 10.2 Å². The van der Waals surface area contributed by atoms with Gasteiger partial charge in [-0.25, -0.2) is 4.72 Å². The number of benzene rings is 1.